The van der Waals surface area contributed by atoms with E-state index in [4.69, 9.17) is 0 Å². The lowest BCUT2D eigenvalue weighted by Gasteiger charge is -2.31. The smallest absolute Gasteiger partial charge is 0.168 e. The highest BCUT2D eigenvalue weighted by atomic mass is 19.2. The third kappa shape index (κ3) is 2.41. The number of imidazole rings is 1. The zero-order valence-electron chi connectivity index (χ0n) is 12.9. The van der Waals surface area contributed by atoms with Crippen LogP contribution in [-0.4, -0.2) is 38.7 Å². The summed E-state index contributed by atoms with van der Waals surface area (Å²) in [6, 6.07) is 4.10. The van der Waals surface area contributed by atoms with Crippen LogP contribution in [0.1, 0.15) is 12.8 Å². The molecule has 124 valence electrons. The number of aliphatic hydroxyl groups is 1. The molecule has 0 unspecified atom stereocenters. The molecule has 1 aliphatic rings. The average Bonchev–Trinajstić information content (AvgIpc) is 3.02. The van der Waals surface area contributed by atoms with Crippen molar-refractivity contribution in [3.8, 4) is 11.3 Å². The van der Waals surface area contributed by atoms with Crippen molar-refractivity contribution in [1.29, 1.82) is 0 Å². The zero-order valence-corrected chi connectivity index (χ0v) is 12.9. The first kappa shape index (κ1) is 15.0. The Morgan fingerprint density at radius 3 is 2.67 bits per heavy atom. The Bertz CT molecular complexity index is 887. The molecule has 1 N–H and O–H groups in total. The molecule has 0 radical (unpaired) electrons. The van der Waals surface area contributed by atoms with E-state index < -0.39 is 11.6 Å². The molecule has 3 heterocycles. The van der Waals surface area contributed by atoms with Crippen LogP contribution in [0.25, 0.3) is 16.9 Å². The standard InChI is InChI=1S/C17H16F2N4O/c18-13-3-1-2-12(17(13)19)14-8-21-15-9-20-10-16(23(14)15)22-6-4-11(24)5-7-22/h1-3,8-11,24H,4-7H2. The summed E-state index contributed by atoms with van der Waals surface area (Å²) in [5, 5.41) is 9.69. The molecule has 1 saturated heterocycles. The van der Waals surface area contributed by atoms with Gasteiger partial charge in [-0.2, -0.15) is 0 Å². The van der Waals surface area contributed by atoms with Gasteiger partial charge in [0.1, 0.15) is 5.82 Å². The van der Waals surface area contributed by atoms with E-state index >= 15 is 0 Å². The van der Waals surface area contributed by atoms with Crippen LogP contribution in [0.4, 0.5) is 14.6 Å². The molecule has 0 bridgehead atoms. The lowest BCUT2D eigenvalue weighted by Crippen LogP contribution is -2.37. The molecular weight excluding hydrogens is 314 g/mol. The second-order valence-electron chi connectivity index (χ2n) is 5.92. The van der Waals surface area contributed by atoms with Crippen molar-refractivity contribution in [3.05, 3.63) is 48.4 Å². The van der Waals surface area contributed by atoms with Crippen LogP contribution < -0.4 is 4.90 Å². The Kier molecular flexibility index (Phi) is 3.65. The van der Waals surface area contributed by atoms with Crippen molar-refractivity contribution in [3.63, 3.8) is 0 Å². The van der Waals surface area contributed by atoms with Crippen LogP contribution in [0.15, 0.2) is 36.8 Å². The molecule has 0 amide bonds. The fourth-order valence-electron chi connectivity index (χ4n) is 3.14. The summed E-state index contributed by atoms with van der Waals surface area (Å²) in [6.45, 7) is 1.34. The maximum Gasteiger partial charge on any atom is 0.168 e. The average molecular weight is 330 g/mol. The minimum absolute atomic E-state index is 0.159. The second-order valence-corrected chi connectivity index (χ2v) is 5.92. The van der Waals surface area contributed by atoms with Crippen LogP contribution in [0.5, 0.6) is 0 Å². The van der Waals surface area contributed by atoms with E-state index in [0.717, 1.165) is 11.9 Å². The maximum absolute atomic E-state index is 14.2. The highest BCUT2D eigenvalue weighted by Gasteiger charge is 2.22. The van der Waals surface area contributed by atoms with Crippen molar-refractivity contribution < 1.29 is 13.9 Å². The Balaban J connectivity index is 1.87. The number of anilines is 1. The topological polar surface area (TPSA) is 53.7 Å². The van der Waals surface area contributed by atoms with Gasteiger partial charge in [0.15, 0.2) is 17.3 Å². The van der Waals surface area contributed by atoms with Crippen LogP contribution in [0.3, 0.4) is 0 Å². The van der Waals surface area contributed by atoms with Crippen molar-refractivity contribution in [2.24, 2.45) is 0 Å². The molecule has 2 aromatic heterocycles. The molecule has 0 spiro atoms. The summed E-state index contributed by atoms with van der Waals surface area (Å²) in [5.41, 5.74) is 1.20. The van der Waals surface area contributed by atoms with Gasteiger partial charge in [-0.3, -0.25) is 9.38 Å². The normalized spacial score (nSPS) is 16.0. The Labute approximate surface area is 137 Å². The van der Waals surface area contributed by atoms with E-state index in [-0.39, 0.29) is 11.7 Å². The van der Waals surface area contributed by atoms with E-state index in [1.165, 1.54) is 18.3 Å². The van der Waals surface area contributed by atoms with Gasteiger partial charge < -0.3 is 10.0 Å². The minimum atomic E-state index is -0.892. The van der Waals surface area contributed by atoms with Gasteiger partial charge in [0, 0.05) is 18.7 Å². The van der Waals surface area contributed by atoms with Gasteiger partial charge in [0.05, 0.1) is 30.4 Å². The van der Waals surface area contributed by atoms with E-state index in [1.54, 1.807) is 16.8 Å². The summed E-state index contributed by atoms with van der Waals surface area (Å²) >= 11 is 0. The van der Waals surface area contributed by atoms with Gasteiger partial charge in [-0.25, -0.2) is 13.8 Å². The molecule has 3 aromatic rings. The minimum Gasteiger partial charge on any atom is -0.393 e. The molecule has 24 heavy (non-hydrogen) atoms. The van der Waals surface area contributed by atoms with E-state index in [0.29, 0.717) is 37.3 Å². The van der Waals surface area contributed by atoms with Gasteiger partial charge in [0.2, 0.25) is 0 Å². The highest BCUT2D eigenvalue weighted by Crippen LogP contribution is 2.29. The first-order valence-electron chi connectivity index (χ1n) is 7.84. The van der Waals surface area contributed by atoms with Crippen molar-refractivity contribution in [2.75, 3.05) is 18.0 Å². The molecular formula is C17H16F2N4O. The number of piperidine rings is 1. The number of halogens is 2. The zero-order chi connectivity index (χ0) is 16.7. The van der Waals surface area contributed by atoms with Crippen molar-refractivity contribution in [1.82, 2.24) is 14.4 Å². The molecule has 0 saturated carbocycles. The van der Waals surface area contributed by atoms with Crippen LogP contribution in [0, 0.1) is 11.6 Å². The molecule has 0 atom stereocenters. The van der Waals surface area contributed by atoms with Gasteiger partial charge >= 0.3 is 0 Å². The molecule has 1 aromatic carbocycles. The number of benzene rings is 1. The molecule has 1 aliphatic heterocycles. The van der Waals surface area contributed by atoms with E-state index in [2.05, 4.69) is 14.9 Å². The fourth-order valence-corrected chi connectivity index (χ4v) is 3.14. The predicted molar refractivity (Wildman–Crippen MR) is 85.8 cm³/mol. The number of aromatic nitrogens is 3. The Morgan fingerprint density at radius 2 is 1.88 bits per heavy atom. The summed E-state index contributed by atoms with van der Waals surface area (Å²) in [7, 11) is 0. The van der Waals surface area contributed by atoms with Gasteiger partial charge in [-0.1, -0.05) is 6.07 Å². The van der Waals surface area contributed by atoms with Crippen LogP contribution in [0.2, 0.25) is 0 Å². The van der Waals surface area contributed by atoms with E-state index in [1.807, 2.05) is 0 Å². The Morgan fingerprint density at radius 1 is 1.08 bits per heavy atom. The fraction of sp³-hybridized carbons (Fsp3) is 0.294. The number of rotatable bonds is 2. The summed E-state index contributed by atoms with van der Waals surface area (Å²) < 4.78 is 29.6. The van der Waals surface area contributed by atoms with Crippen LogP contribution in [-0.2, 0) is 0 Å². The van der Waals surface area contributed by atoms with Crippen LogP contribution >= 0.6 is 0 Å². The lowest BCUT2D eigenvalue weighted by molar-refractivity contribution is 0.145. The second kappa shape index (κ2) is 5.83. The summed E-state index contributed by atoms with van der Waals surface area (Å²) in [5.74, 6) is -1.02. The van der Waals surface area contributed by atoms with Crippen molar-refractivity contribution in [2.45, 2.75) is 18.9 Å². The molecule has 0 aliphatic carbocycles. The Hall–Kier alpha value is -2.54. The number of nitrogens with zero attached hydrogens (tertiary/aromatic N) is 4. The third-order valence-electron chi connectivity index (χ3n) is 4.41. The predicted octanol–water partition coefficient (Wildman–Crippen LogP) is 2.64. The molecule has 1 fully saturated rings. The molecule has 7 heteroatoms. The van der Waals surface area contributed by atoms with Gasteiger partial charge in [-0.05, 0) is 25.0 Å². The lowest BCUT2D eigenvalue weighted by atomic mass is 10.1. The number of aliphatic hydroxyl groups excluding tert-OH is 1. The SMILES string of the molecule is OC1CCN(c2cncc3ncc(-c4cccc(F)c4F)n23)CC1. The van der Waals surface area contributed by atoms with Crippen molar-refractivity contribution >= 4 is 11.5 Å². The van der Waals surface area contributed by atoms with Gasteiger partial charge in [-0.15, -0.1) is 0 Å². The monoisotopic (exact) mass is 330 g/mol. The first-order valence-corrected chi connectivity index (χ1v) is 7.84. The highest BCUT2D eigenvalue weighted by molar-refractivity contribution is 5.67. The largest absolute Gasteiger partial charge is 0.393 e. The first-order chi connectivity index (χ1) is 11.6. The number of hydrogen-bond donors (Lipinski definition) is 1. The molecule has 5 nitrogen and oxygen atoms in total. The number of hydrogen-bond acceptors (Lipinski definition) is 4. The molecule has 4 rings (SSSR count). The summed E-state index contributed by atoms with van der Waals surface area (Å²) in [6.07, 6.45) is 5.83. The van der Waals surface area contributed by atoms with E-state index in [9.17, 15) is 13.9 Å². The third-order valence-corrected chi connectivity index (χ3v) is 4.41. The summed E-state index contributed by atoms with van der Waals surface area (Å²) in [4.78, 5) is 10.5. The maximum atomic E-state index is 14.2. The quantitative estimate of drug-likeness (QED) is 0.785. The number of fused-ring (bicyclic) bond motifs is 1. The van der Waals surface area contributed by atoms with Gasteiger partial charge in [0.25, 0.3) is 0 Å².